The minimum atomic E-state index is 0.792. The summed E-state index contributed by atoms with van der Waals surface area (Å²) in [7, 11) is 2.06. The fraction of sp³-hybridized carbons (Fsp3) is 0.143. The molecule has 0 aliphatic rings. The molecule has 0 unspecified atom stereocenters. The zero-order valence-corrected chi connectivity index (χ0v) is 10.2. The Hall–Kier alpha value is -2.36. The molecule has 0 saturated carbocycles. The number of hydrogen-bond acceptors (Lipinski definition) is 3. The maximum absolute atomic E-state index is 4.33. The summed E-state index contributed by atoms with van der Waals surface area (Å²) in [5.41, 5.74) is 4.26. The van der Waals surface area contributed by atoms with Gasteiger partial charge in [0, 0.05) is 18.9 Å². The molecule has 90 valence electrons. The lowest BCUT2D eigenvalue weighted by Gasteiger charge is -2.18. The summed E-state index contributed by atoms with van der Waals surface area (Å²) >= 11 is 0. The molecule has 0 amide bonds. The highest BCUT2D eigenvalue weighted by Gasteiger charge is 2.04. The maximum Gasteiger partial charge on any atom is 0.0931 e. The Morgan fingerprint density at radius 1 is 1.17 bits per heavy atom. The van der Waals surface area contributed by atoms with Crippen LogP contribution in [0.1, 0.15) is 5.69 Å². The van der Waals surface area contributed by atoms with E-state index in [0.717, 1.165) is 29.0 Å². The van der Waals surface area contributed by atoms with E-state index in [-0.39, 0.29) is 0 Å². The molecule has 0 aliphatic heterocycles. The highest BCUT2D eigenvalue weighted by molar-refractivity contribution is 5.78. The largest absolute Gasteiger partial charge is 0.369 e. The molecule has 2 aromatic heterocycles. The summed E-state index contributed by atoms with van der Waals surface area (Å²) in [6.07, 6.45) is 3.54. The molecular formula is C14H14N4. The number of aromatic nitrogens is 3. The van der Waals surface area contributed by atoms with Gasteiger partial charge in [0.15, 0.2) is 0 Å². The summed E-state index contributed by atoms with van der Waals surface area (Å²) < 4.78 is 0. The van der Waals surface area contributed by atoms with Crippen LogP contribution in [0.2, 0.25) is 0 Å². The van der Waals surface area contributed by atoms with E-state index in [1.165, 1.54) is 0 Å². The van der Waals surface area contributed by atoms with Crippen LogP contribution >= 0.6 is 0 Å². The number of nitrogens with one attached hydrogen (secondary N) is 1. The number of fused-ring (bicyclic) bond motifs is 1. The zero-order valence-electron chi connectivity index (χ0n) is 10.2. The summed E-state index contributed by atoms with van der Waals surface area (Å²) in [4.78, 5) is 13.8. The van der Waals surface area contributed by atoms with E-state index in [2.05, 4.69) is 39.0 Å². The molecule has 4 nitrogen and oxygen atoms in total. The standard InChI is InChI=1S/C14H14N4/c1-18(9-11-4-2-3-7-15-11)12-5-6-13-14(8-12)17-10-16-13/h2-8,10H,9H2,1H3,(H,16,17). The molecule has 0 aliphatic carbocycles. The lowest BCUT2D eigenvalue weighted by atomic mass is 10.2. The Morgan fingerprint density at radius 2 is 2.11 bits per heavy atom. The van der Waals surface area contributed by atoms with Gasteiger partial charge in [0.05, 0.1) is 29.6 Å². The van der Waals surface area contributed by atoms with Gasteiger partial charge in [-0.25, -0.2) is 4.98 Å². The Kier molecular flexibility index (Phi) is 2.68. The number of nitrogens with zero attached hydrogens (tertiary/aromatic N) is 3. The Labute approximate surface area is 105 Å². The predicted octanol–water partition coefficient (Wildman–Crippen LogP) is 2.59. The molecule has 0 saturated heterocycles. The van der Waals surface area contributed by atoms with Gasteiger partial charge >= 0.3 is 0 Å². The Bertz CT molecular complexity index is 645. The van der Waals surface area contributed by atoms with Gasteiger partial charge in [-0.05, 0) is 30.3 Å². The van der Waals surface area contributed by atoms with Crippen molar-refractivity contribution in [2.75, 3.05) is 11.9 Å². The number of benzene rings is 1. The van der Waals surface area contributed by atoms with E-state index in [1.807, 2.05) is 30.5 Å². The zero-order chi connectivity index (χ0) is 12.4. The quantitative estimate of drug-likeness (QED) is 0.762. The smallest absolute Gasteiger partial charge is 0.0931 e. The SMILES string of the molecule is CN(Cc1ccccn1)c1ccc2nc[nH]c2c1. The summed E-state index contributed by atoms with van der Waals surface area (Å²) in [5, 5.41) is 0. The minimum Gasteiger partial charge on any atom is -0.369 e. The summed E-state index contributed by atoms with van der Waals surface area (Å²) in [6.45, 7) is 0.792. The molecule has 0 radical (unpaired) electrons. The normalized spacial score (nSPS) is 10.7. The lowest BCUT2D eigenvalue weighted by molar-refractivity contribution is 0.886. The molecule has 3 rings (SSSR count). The maximum atomic E-state index is 4.33. The molecular weight excluding hydrogens is 224 g/mol. The van der Waals surface area contributed by atoms with Gasteiger partial charge in [0.2, 0.25) is 0 Å². The first kappa shape index (κ1) is 10.8. The fourth-order valence-electron chi connectivity index (χ4n) is 1.99. The molecule has 0 atom stereocenters. The van der Waals surface area contributed by atoms with Crippen LogP contribution in [0.4, 0.5) is 5.69 Å². The Morgan fingerprint density at radius 3 is 2.94 bits per heavy atom. The molecule has 0 fully saturated rings. The van der Waals surface area contributed by atoms with E-state index in [1.54, 1.807) is 6.33 Å². The van der Waals surface area contributed by atoms with E-state index < -0.39 is 0 Å². The van der Waals surface area contributed by atoms with Gasteiger partial charge in [-0.15, -0.1) is 0 Å². The van der Waals surface area contributed by atoms with Gasteiger partial charge in [0.25, 0.3) is 0 Å². The fourth-order valence-corrected chi connectivity index (χ4v) is 1.99. The molecule has 3 aromatic rings. The third-order valence-electron chi connectivity index (χ3n) is 2.97. The second kappa shape index (κ2) is 4.49. The van der Waals surface area contributed by atoms with Crippen molar-refractivity contribution in [1.82, 2.24) is 15.0 Å². The van der Waals surface area contributed by atoms with Crippen LogP contribution in [0.5, 0.6) is 0 Å². The summed E-state index contributed by atoms with van der Waals surface area (Å²) in [5.74, 6) is 0. The molecule has 4 heteroatoms. The van der Waals surface area contributed by atoms with Crippen molar-refractivity contribution < 1.29 is 0 Å². The van der Waals surface area contributed by atoms with Crippen molar-refractivity contribution in [1.29, 1.82) is 0 Å². The Balaban J connectivity index is 1.85. The predicted molar refractivity (Wildman–Crippen MR) is 72.4 cm³/mol. The van der Waals surface area contributed by atoms with Crippen LogP contribution in [0, 0.1) is 0 Å². The van der Waals surface area contributed by atoms with Crippen LogP contribution in [0.25, 0.3) is 11.0 Å². The first-order valence-corrected chi connectivity index (χ1v) is 5.87. The van der Waals surface area contributed by atoms with Crippen LogP contribution in [-0.2, 0) is 6.54 Å². The van der Waals surface area contributed by atoms with Crippen molar-refractivity contribution in [3.05, 3.63) is 54.6 Å². The number of pyridine rings is 1. The molecule has 0 spiro atoms. The number of imidazole rings is 1. The van der Waals surface area contributed by atoms with Gasteiger partial charge < -0.3 is 9.88 Å². The van der Waals surface area contributed by atoms with E-state index >= 15 is 0 Å². The number of aromatic amines is 1. The van der Waals surface area contributed by atoms with Gasteiger partial charge in [-0.2, -0.15) is 0 Å². The average molecular weight is 238 g/mol. The number of anilines is 1. The second-order valence-electron chi connectivity index (χ2n) is 4.28. The topological polar surface area (TPSA) is 44.8 Å². The van der Waals surface area contributed by atoms with E-state index in [0.29, 0.717) is 0 Å². The van der Waals surface area contributed by atoms with Crippen molar-refractivity contribution in [2.45, 2.75) is 6.54 Å². The van der Waals surface area contributed by atoms with E-state index in [9.17, 15) is 0 Å². The molecule has 1 aromatic carbocycles. The van der Waals surface area contributed by atoms with Crippen molar-refractivity contribution >= 4 is 16.7 Å². The van der Waals surface area contributed by atoms with Crippen molar-refractivity contribution in [3.8, 4) is 0 Å². The minimum absolute atomic E-state index is 0.792. The van der Waals surface area contributed by atoms with E-state index in [4.69, 9.17) is 0 Å². The van der Waals surface area contributed by atoms with Crippen molar-refractivity contribution in [2.24, 2.45) is 0 Å². The third-order valence-corrected chi connectivity index (χ3v) is 2.97. The van der Waals surface area contributed by atoms with Crippen LogP contribution < -0.4 is 4.90 Å². The molecule has 2 heterocycles. The van der Waals surface area contributed by atoms with Crippen LogP contribution in [0.15, 0.2) is 48.9 Å². The van der Waals surface area contributed by atoms with Gasteiger partial charge in [0.1, 0.15) is 0 Å². The van der Waals surface area contributed by atoms with Gasteiger partial charge in [-0.1, -0.05) is 6.07 Å². The lowest BCUT2D eigenvalue weighted by Crippen LogP contribution is -2.16. The highest BCUT2D eigenvalue weighted by atomic mass is 15.1. The number of H-pyrrole nitrogens is 1. The monoisotopic (exact) mass is 238 g/mol. The molecule has 0 bridgehead atoms. The number of hydrogen-bond donors (Lipinski definition) is 1. The van der Waals surface area contributed by atoms with Crippen LogP contribution in [-0.4, -0.2) is 22.0 Å². The second-order valence-corrected chi connectivity index (χ2v) is 4.28. The first-order valence-electron chi connectivity index (χ1n) is 5.87. The average Bonchev–Trinajstić information content (AvgIpc) is 2.87. The molecule has 18 heavy (non-hydrogen) atoms. The summed E-state index contributed by atoms with van der Waals surface area (Å²) in [6, 6.07) is 12.2. The van der Waals surface area contributed by atoms with Gasteiger partial charge in [-0.3, -0.25) is 4.98 Å². The number of rotatable bonds is 3. The van der Waals surface area contributed by atoms with Crippen molar-refractivity contribution in [3.63, 3.8) is 0 Å². The molecule has 1 N–H and O–H groups in total. The van der Waals surface area contributed by atoms with Crippen LogP contribution in [0.3, 0.4) is 0 Å². The third kappa shape index (κ3) is 2.05. The highest BCUT2D eigenvalue weighted by Crippen LogP contribution is 2.19. The first-order chi connectivity index (χ1) is 8.83.